The molecule has 2 rings (SSSR count). The number of hydrogen-bond donors (Lipinski definition) is 2. The molecule has 1 heterocycles. The molecule has 1 aliphatic heterocycles. The lowest BCUT2D eigenvalue weighted by Gasteiger charge is -2.38. The number of ether oxygens (including phenoxy) is 1. The molecule has 0 bridgehead atoms. The van der Waals surface area contributed by atoms with E-state index in [1.165, 1.54) is 11.2 Å². The molecule has 1 aromatic carbocycles. The lowest BCUT2D eigenvalue weighted by molar-refractivity contribution is -0.0714. The highest BCUT2D eigenvalue weighted by Crippen LogP contribution is 2.26. The number of nitrogens with zero attached hydrogens (tertiary/aromatic N) is 1. The molecule has 3 unspecified atom stereocenters. The normalized spacial score (nSPS) is 24.4. The smallest absolute Gasteiger partial charge is 0.194 e. The molecular formula is C17H23F4N3O. The molecule has 4 N–H and O–H groups in total. The maximum atomic E-state index is 13.3. The third kappa shape index (κ3) is 5.09. The van der Waals surface area contributed by atoms with Gasteiger partial charge in [-0.15, -0.1) is 0 Å². The van der Waals surface area contributed by atoms with E-state index in [0.717, 1.165) is 12.1 Å². The summed E-state index contributed by atoms with van der Waals surface area (Å²) in [6, 6.07) is 1.52. The van der Waals surface area contributed by atoms with Crippen molar-refractivity contribution in [1.82, 2.24) is 5.01 Å². The highest BCUT2D eigenvalue weighted by molar-refractivity contribution is 5.62. The Hall–Kier alpha value is -1.80. The number of rotatable bonds is 6. The van der Waals surface area contributed by atoms with Crippen LogP contribution in [-0.2, 0) is 4.74 Å². The molecule has 0 aromatic heterocycles. The fourth-order valence-corrected chi connectivity index (χ4v) is 3.02. The predicted molar refractivity (Wildman–Crippen MR) is 87.1 cm³/mol. The number of benzene rings is 1. The van der Waals surface area contributed by atoms with Crippen LogP contribution >= 0.6 is 0 Å². The van der Waals surface area contributed by atoms with Crippen molar-refractivity contribution in [2.24, 2.45) is 11.6 Å². The van der Waals surface area contributed by atoms with Crippen LogP contribution in [0.3, 0.4) is 0 Å². The molecule has 8 heteroatoms. The van der Waals surface area contributed by atoms with Crippen LogP contribution in [0, 0.1) is 17.5 Å². The average Bonchev–Trinajstić information content (AvgIpc) is 2.56. The van der Waals surface area contributed by atoms with Crippen LogP contribution in [0.5, 0.6) is 0 Å². The summed E-state index contributed by atoms with van der Waals surface area (Å²) in [6.07, 6.45) is 3.45. The van der Waals surface area contributed by atoms with Crippen molar-refractivity contribution < 1.29 is 22.3 Å². The molecule has 0 aliphatic carbocycles. The fourth-order valence-electron chi connectivity index (χ4n) is 3.02. The number of nitrogens with two attached hydrogens (primary N) is 2. The summed E-state index contributed by atoms with van der Waals surface area (Å²) < 4.78 is 57.8. The van der Waals surface area contributed by atoms with Crippen LogP contribution in [-0.4, -0.2) is 29.9 Å². The van der Waals surface area contributed by atoms with Gasteiger partial charge in [-0.3, -0.25) is 4.39 Å². The molecule has 4 nitrogen and oxygen atoms in total. The molecule has 1 fully saturated rings. The van der Waals surface area contributed by atoms with Crippen LogP contribution in [0.2, 0.25) is 0 Å². The standard InChI is InChI=1S/C17H23F4N3O/c1-10-5-12(8-13(25-10)3-2-4-18)24(23)9-16(22)11-6-14(19)17(21)15(20)7-11/h6-7,9-10,12-13H,2-5,8,22-23H2,1H3/b16-9-. The average molecular weight is 361 g/mol. The number of hydrazine groups is 1. The monoisotopic (exact) mass is 361 g/mol. The molecule has 0 radical (unpaired) electrons. The summed E-state index contributed by atoms with van der Waals surface area (Å²) in [4.78, 5) is 0. The molecule has 1 aromatic rings. The van der Waals surface area contributed by atoms with Crippen LogP contribution in [0.1, 0.15) is 38.2 Å². The molecular weight excluding hydrogens is 338 g/mol. The second-order valence-electron chi connectivity index (χ2n) is 6.31. The second kappa shape index (κ2) is 8.53. The van der Waals surface area contributed by atoms with E-state index in [2.05, 4.69) is 0 Å². The molecule has 0 spiro atoms. The fraction of sp³-hybridized carbons (Fsp3) is 0.529. The SMILES string of the molecule is CC1CC(N(N)/C=C(\N)c2cc(F)c(F)c(F)c2)CC(CCCF)O1. The predicted octanol–water partition coefficient (Wildman–Crippen LogP) is 3.22. The molecule has 0 amide bonds. The Morgan fingerprint density at radius 1 is 1.28 bits per heavy atom. The van der Waals surface area contributed by atoms with E-state index in [4.69, 9.17) is 16.3 Å². The zero-order chi connectivity index (χ0) is 18.6. The number of alkyl halides is 1. The minimum absolute atomic E-state index is 0.000868. The minimum Gasteiger partial charge on any atom is -0.397 e. The van der Waals surface area contributed by atoms with E-state index < -0.39 is 24.1 Å². The Labute approximate surface area is 144 Å². The Bertz CT molecular complexity index is 603. The van der Waals surface area contributed by atoms with E-state index in [-0.39, 0.29) is 29.5 Å². The quantitative estimate of drug-likeness (QED) is 0.353. The van der Waals surface area contributed by atoms with Gasteiger partial charge in [-0.2, -0.15) is 0 Å². The first-order valence-electron chi connectivity index (χ1n) is 8.18. The maximum absolute atomic E-state index is 13.3. The van der Waals surface area contributed by atoms with Gasteiger partial charge >= 0.3 is 0 Å². The van der Waals surface area contributed by atoms with E-state index in [0.29, 0.717) is 25.7 Å². The number of halogens is 4. The van der Waals surface area contributed by atoms with Crippen molar-refractivity contribution in [2.75, 3.05) is 6.67 Å². The highest BCUT2D eigenvalue weighted by atomic mass is 19.2. The van der Waals surface area contributed by atoms with Gasteiger partial charge in [-0.25, -0.2) is 19.0 Å². The molecule has 25 heavy (non-hydrogen) atoms. The lowest BCUT2D eigenvalue weighted by atomic mass is 9.96. The van der Waals surface area contributed by atoms with Gasteiger partial charge in [0.25, 0.3) is 0 Å². The van der Waals surface area contributed by atoms with Gasteiger partial charge < -0.3 is 15.5 Å². The van der Waals surface area contributed by atoms with Crippen molar-refractivity contribution in [3.63, 3.8) is 0 Å². The van der Waals surface area contributed by atoms with Crippen molar-refractivity contribution in [1.29, 1.82) is 0 Å². The lowest BCUT2D eigenvalue weighted by Crippen LogP contribution is -2.46. The Morgan fingerprint density at radius 2 is 1.92 bits per heavy atom. The van der Waals surface area contributed by atoms with E-state index in [1.54, 1.807) is 0 Å². The van der Waals surface area contributed by atoms with Gasteiger partial charge in [0, 0.05) is 17.8 Å². The van der Waals surface area contributed by atoms with Crippen molar-refractivity contribution in [2.45, 2.75) is 50.9 Å². The summed E-state index contributed by atoms with van der Waals surface area (Å²) in [5.41, 5.74) is 5.86. The van der Waals surface area contributed by atoms with Crippen molar-refractivity contribution >= 4 is 5.70 Å². The Morgan fingerprint density at radius 3 is 2.52 bits per heavy atom. The van der Waals surface area contributed by atoms with Crippen LogP contribution < -0.4 is 11.6 Å². The van der Waals surface area contributed by atoms with E-state index in [1.807, 2.05) is 6.92 Å². The first kappa shape index (κ1) is 19.5. The minimum atomic E-state index is -1.55. The van der Waals surface area contributed by atoms with Crippen molar-refractivity contribution in [3.05, 3.63) is 41.3 Å². The first-order chi connectivity index (χ1) is 11.8. The van der Waals surface area contributed by atoms with Gasteiger partial charge in [-0.1, -0.05) is 0 Å². The summed E-state index contributed by atoms with van der Waals surface area (Å²) >= 11 is 0. The summed E-state index contributed by atoms with van der Waals surface area (Å²) in [7, 11) is 0. The van der Waals surface area contributed by atoms with Gasteiger partial charge in [0.2, 0.25) is 0 Å². The van der Waals surface area contributed by atoms with Crippen molar-refractivity contribution in [3.8, 4) is 0 Å². The summed E-state index contributed by atoms with van der Waals surface area (Å²) in [5.74, 6) is 1.85. The Kier molecular flexibility index (Phi) is 6.66. The number of hydrogen-bond acceptors (Lipinski definition) is 4. The van der Waals surface area contributed by atoms with Gasteiger partial charge in [0.1, 0.15) is 0 Å². The molecule has 0 saturated carbocycles. The van der Waals surface area contributed by atoms with Gasteiger partial charge in [-0.05, 0) is 44.7 Å². The molecule has 3 atom stereocenters. The summed E-state index contributed by atoms with van der Waals surface area (Å²) in [6.45, 7) is 1.50. The molecule has 1 aliphatic rings. The third-order valence-corrected chi connectivity index (χ3v) is 4.25. The second-order valence-corrected chi connectivity index (χ2v) is 6.31. The zero-order valence-electron chi connectivity index (χ0n) is 14.0. The maximum Gasteiger partial charge on any atom is 0.194 e. The zero-order valence-corrected chi connectivity index (χ0v) is 14.0. The van der Waals surface area contributed by atoms with Gasteiger partial charge in [0.05, 0.1) is 24.6 Å². The summed E-state index contributed by atoms with van der Waals surface area (Å²) in [5, 5.41) is 1.37. The largest absolute Gasteiger partial charge is 0.397 e. The van der Waals surface area contributed by atoms with E-state index >= 15 is 0 Å². The van der Waals surface area contributed by atoms with Crippen LogP contribution in [0.15, 0.2) is 18.3 Å². The Balaban J connectivity index is 2.10. The topological polar surface area (TPSA) is 64.5 Å². The molecule has 1 saturated heterocycles. The van der Waals surface area contributed by atoms with Crippen LogP contribution in [0.4, 0.5) is 17.6 Å². The highest BCUT2D eigenvalue weighted by Gasteiger charge is 2.29. The van der Waals surface area contributed by atoms with E-state index in [9.17, 15) is 17.6 Å². The first-order valence-corrected chi connectivity index (χ1v) is 8.18. The third-order valence-electron chi connectivity index (χ3n) is 4.25. The van der Waals surface area contributed by atoms with Crippen LogP contribution in [0.25, 0.3) is 5.70 Å². The van der Waals surface area contributed by atoms with Gasteiger partial charge in [0.15, 0.2) is 17.5 Å². The molecule has 140 valence electrons.